The molecule has 0 saturated heterocycles. The zero-order valence-electron chi connectivity index (χ0n) is 11.5. The van der Waals surface area contributed by atoms with Crippen LogP contribution in [0.2, 0.25) is 0 Å². The second-order valence-corrected chi connectivity index (χ2v) is 6.25. The largest absolute Gasteiger partial charge is 0.477 e. The van der Waals surface area contributed by atoms with Crippen LogP contribution in [0.4, 0.5) is 9.52 Å². The van der Waals surface area contributed by atoms with E-state index < -0.39 is 5.97 Å². The van der Waals surface area contributed by atoms with Gasteiger partial charge in [0.15, 0.2) is 5.13 Å². The lowest BCUT2D eigenvalue weighted by molar-refractivity contribution is 0.0700. The maximum absolute atomic E-state index is 13.2. The number of hydrogen-bond acceptors (Lipinski definition) is 4. The Labute approximate surface area is 125 Å². The zero-order chi connectivity index (χ0) is 15.0. The molecule has 0 unspecified atom stereocenters. The van der Waals surface area contributed by atoms with E-state index in [0.717, 1.165) is 18.4 Å². The van der Waals surface area contributed by atoms with E-state index in [2.05, 4.69) is 4.98 Å². The van der Waals surface area contributed by atoms with Crippen LogP contribution in [0.5, 0.6) is 0 Å². The Bertz CT molecular complexity index is 682. The first-order valence-electron chi connectivity index (χ1n) is 6.74. The van der Waals surface area contributed by atoms with E-state index in [4.69, 9.17) is 0 Å². The Kier molecular flexibility index (Phi) is 3.63. The normalized spacial score (nSPS) is 14.2. The summed E-state index contributed by atoms with van der Waals surface area (Å²) in [7, 11) is 1.84. The summed E-state index contributed by atoms with van der Waals surface area (Å²) >= 11 is 1.19. The first-order valence-corrected chi connectivity index (χ1v) is 7.56. The predicted molar refractivity (Wildman–Crippen MR) is 79.6 cm³/mol. The molecule has 1 aromatic heterocycles. The van der Waals surface area contributed by atoms with Crippen molar-refractivity contribution < 1.29 is 14.3 Å². The number of carboxylic acid groups (broad SMARTS) is 1. The molecular weight excluding hydrogens is 291 g/mol. The molecule has 1 aromatic carbocycles. The number of halogens is 1. The number of carboxylic acids is 1. The highest BCUT2D eigenvalue weighted by atomic mass is 32.1. The SMILES string of the molecule is CN(Cc1cccc(F)c1)c1nc(C2CC2)c(C(=O)O)s1. The smallest absolute Gasteiger partial charge is 0.347 e. The summed E-state index contributed by atoms with van der Waals surface area (Å²) in [5, 5.41) is 9.93. The summed E-state index contributed by atoms with van der Waals surface area (Å²) in [6, 6.07) is 6.39. The molecule has 1 saturated carbocycles. The van der Waals surface area contributed by atoms with Gasteiger partial charge in [-0.3, -0.25) is 0 Å². The second kappa shape index (κ2) is 5.44. The molecule has 4 nitrogen and oxygen atoms in total. The predicted octanol–water partition coefficient (Wildman–Crippen LogP) is 3.49. The molecule has 110 valence electrons. The van der Waals surface area contributed by atoms with Crippen LogP contribution in [0.25, 0.3) is 0 Å². The van der Waals surface area contributed by atoms with Crippen molar-refractivity contribution in [2.24, 2.45) is 0 Å². The van der Waals surface area contributed by atoms with Crippen molar-refractivity contribution in [3.05, 3.63) is 46.2 Å². The molecular formula is C15H15FN2O2S. The van der Waals surface area contributed by atoms with Crippen molar-refractivity contribution in [3.63, 3.8) is 0 Å². The highest BCUT2D eigenvalue weighted by Crippen LogP contribution is 2.44. The third-order valence-electron chi connectivity index (χ3n) is 3.44. The van der Waals surface area contributed by atoms with Gasteiger partial charge in [0, 0.05) is 19.5 Å². The first-order chi connectivity index (χ1) is 10.0. The molecule has 0 atom stereocenters. The third kappa shape index (κ3) is 3.05. The fourth-order valence-corrected chi connectivity index (χ4v) is 3.20. The van der Waals surface area contributed by atoms with Gasteiger partial charge in [-0.25, -0.2) is 14.2 Å². The Balaban J connectivity index is 1.82. The van der Waals surface area contributed by atoms with Gasteiger partial charge < -0.3 is 10.0 Å². The van der Waals surface area contributed by atoms with E-state index in [1.54, 1.807) is 6.07 Å². The van der Waals surface area contributed by atoms with Crippen LogP contribution in [0.1, 0.15) is 39.7 Å². The van der Waals surface area contributed by atoms with E-state index >= 15 is 0 Å². The number of anilines is 1. The van der Waals surface area contributed by atoms with Gasteiger partial charge in [-0.2, -0.15) is 0 Å². The Morgan fingerprint density at radius 2 is 2.29 bits per heavy atom. The van der Waals surface area contributed by atoms with Crippen molar-refractivity contribution >= 4 is 22.4 Å². The molecule has 2 aromatic rings. The lowest BCUT2D eigenvalue weighted by Gasteiger charge is -2.15. The topological polar surface area (TPSA) is 53.4 Å². The molecule has 0 amide bonds. The van der Waals surface area contributed by atoms with Gasteiger partial charge in [-0.1, -0.05) is 23.5 Å². The Morgan fingerprint density at radius 1 is 1.52 bits per heavy atom. The van der Waals surface area contributed by atoms with Gasteiger partial charge in [0.2, 0.25) is 0 Å². The van der Waals surface area contributed by atoms with E-state index in [0.29, 0.717) is 28.2 Å². The number of thiazole rings is 1. The number of aromatic nitrogens is 1. The summed E-state index contributed by atoms with van der Waals surface area (Å²) < 4.78 is 13.2. The molecule has 1 heterocycles. The number of aromatic carboxylic acids is 1. The fourth-order valence-electron chi connectivity index (χ4n) is 2.25. The molecule has 0 radical (unpaired) electrons. The minimum atomic E-state index is -0.917. The van der Waals surface area contributed by atoms with Crippen LogP contribution in [0.15, 0.2) is 24.3 Å². The monoisotopic (exact) mass is 306 g/mol. The van der Waals surface area contributed by atoms with Crippen LogP contribution in [0, 0.1) is 5.82 Å². The van der Waals surface area contributed by atoms with Crippen molar-refractivity contribution in [3.8, 4) is 0 Å². The van der Waals surface area contributed by atoms with Crippen LogP contribution in [-0.4, -0.2) is 23.1 Å². The van der Waals surface area contributed by atoms with Crippen molar-refractivity contribution in [1.29, 1.82) is 0 Å². The molecule has 1 aliphatic carbocycles. The Morgan fingerprint density at radius 3 is 2.90 bits per heavy atom. The van der Waals surface area contributed by atoms with E-state index in [9.17, 15) is 14.3 Å². The summed E-state index contributed by atoms with van der Waals surface area (Å²) in [5.41, 5.74) is 1.53. The summed E-state index contributed by atoms with van der Waals surface area (Å²) in [6.45, 7) is 0.494. The van der Waals surface area contributed by atoms with Gasteiger partial charge in [0.05, 0.1) is 5.69 Å². The summed E-state index contributed by atoms with van der Waals surface area (Å²) in [6.07, 6.45) is 2.02. The highest BCUT2D eigenvalue weighted by molar-refractivity contribution is 7.17. The first kappa shape index (κ1) is 14.0. The summed E-state index contributed by atoms with van der Waals surface area (Å²) in [4.78, 5) is 18.0. The molecule has 0 spiro atoms. The van der Waals surface area contributed by atoms with Crippen LogP contribution >= 0.6 is 11.3 Å². The second-order valence-electron chi connectivity index (χ2n) is 5.28. The highest BCUT2D eigenvalue weighted by Gasteiger charge is 2.32. The van der Waals surface area contributed by atoms with Crippen LogP contribution in [-0.2, 0) is 6.54 Å². The third-order valence-corrected chi connectivity index (χ3v) is 4.61. The van der Waals surface area contributed by atoms with Gasteiger partial charge in [-0.15, -0.1) is 0 Å². The molecule has 21 heavy (non-hydrogen) atoms. The van der Waals surface area contributed by atoms with Gasteiger partial charge in [0.25, 0.3) is 0 Å². The number of hydrogen-bond donors (Lipinski definition) is 1. The van der Waals surface area contributed by atoms with E-state index in [1.165, 1.54) is 23.5 Å². The maximum Gasteiger partial charge on any atom is 0.347 e. The molecule has 6 heteroatoms. The van der Waals surface area contributed by atoms with Gasteiger partial charge in [0.1, 0.15) is 10.7 Å². The quantitative estimate of drug-likeness (QED) is 0.918. The average Bonchev–Trinajstić information content (AvgIpc) is 3.17. The maximum atomic E-state index is 13.2. The molecule has 0 bridgehead atoms. The lowest BCUT2D eigenvalue weighted by atomic mass is 10.2. The van der Waals surface area contributed by atoms with Crippen molar-refractivity contribution in [2.45, 2.75) is 25.3 Å². The van der Waals surface area contributed by atoms with Crippen molar-refractivity contribution in [2.75, 3.05) is 11.9 Å². The standard InChI is InChI=1S/C15H15FN2O2S/c1-18(8-9-3-2-4-11(16)7-9)15-17-12(10-5-6-10)13(21-15)14(19)20/h2-4,7,10H,5-6,8H2,1H3,(H,19,20). The van der Waals surface area contributed by atoms with Crippen LogP contribution < -0.4 is 4.90 Å². The summed E-state index contributed by atoms with van der Waals surface area (Å²) in [5.74, 6) is -0.895. The molecule has 1 aliphatic rings. The fraction of sp³-hybridized carbons (Fsp3) is 0.333. The minimum absolute atomic E-state index is 0.273. The van der Waals surface area contributed by atoms with Crippen LogP contribution in [0.3, 0.4) is 0 Å². The van der Waals surface area contributed by atoms with Crippen molar-refractivity contribution in [1.82, 2.24) is 4.98 Å². The van der Waals surface area contributed by atoms with E-state index in [1.807, 2.05) is 18.0 Å². The number of rotatable bonds is 5. The average molecular weight is 306 g/mol. The number of benzene rings is 1. The minimum Gasteiger partial charge on any atom is -0.477 e. The number of carbonyl (C=O) groups is 1. The molecule has 3 rings (SSSR count). The number of nitrogens with zero attached hydrogens (tertiary/aromatic N) is 2. The Hall–Kier alpha value is -1.95. The van der Waals surface area contributed by atoms with Gasteiger partial charge in [-0.05, 0) is 30.5 Å². The van der Waals surface area contributed by atoms with E-state index in [-0.39, 0.29) is 5.82 Å². The molecule has 1 fully saturated rings. The molecule has 0 aliphatic heterocycles. The lowest BCUT2D eigenvalue weighted by Crippen LogP contribution is -2.16. The molecule has 1 N–H and O–H groups in total. The van der Waals surface area contributed by atoms with Gasteiger partial charge >= 0.3 is 5.97 Å². The zero-order valence-corrected chi connectivity index (χ0v) is 12.4.